The minimum atomic E-state index is 0.0766. The minimum absolute atomic E-state index is 0.0766. The first kappa shape index (κ1) is 21.8. The molecule has 2 fully saturated rings. The van der Waals surface area contributed by atoms with Gasteiger partial charge in [0.2, 0.25) is 0 Å². The average Bonchev–Trinajstić information content (AvgIpc) is 3.58. The van der Waals surface area contributed by atoms with Gasteiger partial charge in [0.25, 0.3) is 0 Å². The van der Waals surface area contributed by atoms with Crippen molar-refractivity contribution < 1.29 is 13.9 Å². The molecule has 1 N–H and O–H groups in total. The molecule has 6 rings (SSSR count). The predicted molar refractivity (Wildman–Crippen MR) is 131 cm³/mol. The van der Waals surface area contributed by atoms with Gasteiger partial charge in [-0.2, -0.15) is 10.4 Å². The van der Waals surface area contributed by atoms with Crippen LogP contribution in [0.15, 0.2) is 53.3 Å². The van der Waals surface area contributed by atoms with Crippen molar-refractivity contribution in [1.29, 1.82) is 5.26 Å². The van der Waals surface area contributed by atoms with E-state index in [0.29, 0.717) is 36.2 Å². The number of nitrogens with zero attached hydrogens (tertiary/aromatic N) is 4. The number of fused-ring (bicyclic) bond motifs is 1. The molecule has 8 nitrogen and oxygen atoms in total. The second kappa shape index (κ2) is 9.53. The minimum Gasteiger partial charge on any atom is -0.489 e. The number of rotatable bonds is 5. The lowest BCUT2D eigenvalue weighted by Gasteiger charge is -2.23. The van der Waals surface area contributed by atoms with Gasteiger partial charge in [0, 0.05) is 36.9 Å². The summed E-state index contributed by atoms with van der Waals surface area (Å²) in [6, 6.07) is 12.3. The Morgan fingerprint density at radius 1 is 1.06 bits per heavy atom. The zero-order valence-corrected chi connectivity index (χ0v) is 19.4. The second-order valence-electron chi connectivity index (χ2n) is 9.13. The Morgan fingerprint density at radius 2 is 1.91 bits per heavy atom. The summed E-state index contributed by atoms with van der Waals surface area (Å²) in [4.78, 5) is 4.52. The van der Waals surface area contributed by atoms with Crippen LogP contribution in [-0.4, -0.2) is 47.2 Å². The molecule has 2 saturated heterocycles. The molecule has 0 amide bonds. The fourth-order valence-corrected chi connectivity index (χ4v) is 4.90. The largest absolute Gasteiger partial charge is 0.489 e. The number of piperidine rings is 1. The zero-order chi connectivity index (χ0) is 23.6. The molecule has 5 heterocycles. The van der Waals surface area contributed by atoms with Gasteiger partial charge in [0.05, 0.1) is 36.6 Å². The van der Waals surface area contributed by atoms with E-state index in [2.05, 4.69) is 27.7 Å². The van der Waals surface area contributed by atoms with Crippen molar-refractivity contribution in [3.8, 4) is 34.3 Å². The summed E-state index contributed by atoms with van der Waals surface area (Å²) in [6.07, 6.45) is 9.58. The Balaban J connectivity index is 1.30. The van der Waals surface area contributed by atoms with Crippen molar-refractivity contribution in [2.75, 3.05) is 26.3 Å². The molecule has 2 aliphatic rings. The van der Waals surface area contributed by atoms with Crippen molar-refractivity contribution in [1.82, 2.24) is 20.1 Å². The summed E-state index contributed by atoms with van der Waals surface area (Å²) in [5, 5.41) is 17.8. The first-order valence-electron chi connectivity index (χ1n) is 12.2. The van der Waals surface area contributed by atoms with Crippen LogP contribution >= 0.6 is 0 Å². The maximum Gasteiger partial charge on any atom is 0.161 e. The van der Waals surface area contributed by atoms with Crippen molar-refractivity contribution in [2.24, 2.45) is 0 Å². The van der Waals surface area contributed by atoms with Gasteiger partial charge in [-0.3, -0.25) is 9.67 Å². The van der Waals surface area contributed by atoms with E-state index >= 15 is 0 Å². The fraction of sp³-hybridized carbons (Fsp3) is 0.370. The predicted octanol–water partition coefficient (Wildman–Crippen LogP) is 4.71. The van der Waals surface area contributed by atoms with Crippen LogP contribution in [0, 0.1) is 11.3 Å². The quantitative estimate of drug-likeness (QED) is 0.452. The van der Waals surface area contributed by atoms with Gasteiger partial charge >= 0.3 is 0 Å². The molecule has 178 valence electrons. The highest BCUT2D eigenvalue weighted by molar-refractivity contribution is 5.92. The maximum atomic E-state index is 9.79. The second-order valence-corrected chi connectivity index (χ2v) is 9.13. The zero-order valence-electron chi connectivity index (χ0n) is 19.4. The number of furan rings is 1. The van der Waals surface area contributed by atoms with Crippen LogP contribution in [0.25, 0.3) is 33.6 Å². The number of nitriles is 1. The van der Waals surface area contributed by atoms with Crippen LogP contribution in [0.1, 0.15) is 37.3 Å². The molecule has 0 saturated carbocycles. The van der Waals surface area contributed by atoms with Crippen LogP contribution < -0.4 is 10.1 Å². The molecular weight excluding hydrogens is 442 g/mol. The third-order valence-electron chi connectivity index (χ3n) is 6.85. The van der Waals surface area contributed by atoms with Crippen LogP contribution in [0.4, 0.5) is 0 Å². The van der Waals surface area contributed by atoms with Crippen LogP contribution in [0.2, 0.25) is 0 Å². The van der Waals surface area contributed by atoms with E-state index in [0.717, 1.165) is 66.7 Å². The normalized spacial score (nSPS) is 17.5. The van der Waals surface area contributed by atoms with E-state index in [1.165, 1.54) is 0 Å². The van der Waals surface area contributed by atoms with E-state index in [4.69, 9.17) is 13.9 Å². The lowest BCUT2D eigenvalue weighted by molar-refractivity contribution is 0.0254. The molecule has 3 aromatic heterocycles. The Hall–Kier alpha value is -3.67. The molecule has 0 aliphatic carbocycles. The smallest absolute Gasteiger partial charge is 0.161 e. The van der Waals surface area contributed by atoms with Crippen molar-refractivity contribution in [3.63, 3.8) is 0 Å². The Morgan fingerprint density at radius 3 is 2.74 bits per heavy atom. The van der Waals surface area contributed by atoms with E-state index in [1.807, 2.05) is 41.2 Å². The van der Waals surface area contributed by atoms with Crippen LogP contribution in [-0.2, 0) is 4.74 Å². The third-order valence-corrected chi connectivity index (χ3v) is 6.85. The van der Waals surface area contributed by atoms with Crippen LogP contribution in [0.5, 0.6) is 5.75 Å². The van der Waals surface area contributed by atoms with Crippen molar-refractivity contribution in [2.45, 2.75) is 37.8 Å². The number of nitrogens with one attached hydrogen (secondary N) is 1. The van der Waals surface area contributed by atoms with Crippen molar-refractivity contribution in [3.05, 3.63) is 54.5 Å². The van der Waals surface area contributed by atoms with E-state index < -0.39 is 0 Å². The molecule has 2 aliphatic heterocycles. The lowest BCUT2D eigenvalue weighted by Crippen LogP contribution is -2.29. The molecule has 1 aromatic carbocycles. The van der Waals surface area contributed by atoms with Gasteiger partial charge in [-0.25, -0.2) is 0 Å². The van der Waals surface area contributed by atoms with Gasteiger partial charge < -0.3 is 19.2 Å². The number of benzene rings is 1. The number of hydrogen-bond acceptors (Lipinski definition) is 7. The summed E-state index contributed by atoms with van der Waals surface area (Å²) in [6.45, 7) is 3.41. The molecule has 4 aromatic rings. The fourth-order valence-electron chi connectivity index (χ4n) is 4.90. The molecule has 8 heteroatoms. The van der Waals surface area contributed by atoms with Crippen LogP contribution in [0.3, 0.4) is 0 Å². The molecule has 35 heavy (non-hydrogen) atoms. The number of pyridine rings is 1. The molecule has 0 spiro atoms. The molecular formula is C27H27N5O3. The summed E-state index contributed by atoms with van der Waals surface area (Å²) in [7, 11) is 0. The van der Waals surface area contributed by atoms with Gasteiger partial charge in [-0.15, -0.1) is 0 Å². The molecule has 0 atom stereocenters. The monoisotopic (exact) mass is 469 g/mol. The average molecular weight is 470 g/mol. The third kappa shape index (κ3) is 4.41. The Bertz CT molecular complexity index is 1370. The highest BCUT2D eigenvalue weighted by atomic mass is 16.5. The Labute approximate surface area is 203 Å². The molecule has 0 bridgehead atoms. The molecule has 0 radical (unpaired) electrons. The van der Waals surface area contributed by atoms with E-state index in [-0.39, 0.29) is 6.10 Å². The summed E-state index contributed by atoms with van der Waals surface area (Å²) < 4.78 is 19.9. The first-order chi connectivity index (χ1) is 17.3. The van der Waals surface area contributed by atoms with Gasteiger partial charge in [-0.05, 0) is 49.7 Å². The highest BCUT2D eigenvalue weighted by Gasteiger charge is 2.20. The summed E-state index contributed by atoms with van der Waals surface area (Å²) in [5.74, 6) is 1.35. The number of hydrogen-bond donors (Lipinski definition) is 1. The highest BCUT2D eigenvalue weighted by Crippen LogP contribution is 2.36. The molecule has 0 unspecified atom stereocenters. The van der Waals surface area contributed by atoms with Gasteiger partial charge in [0.1, 0.15) is 29.2 Å². The van der Waals surface area contributed by atoms with Crippen molar-refractivity contribution >= 4 is 11.1 Å². The first-order valence-corrected chi connectivity index (χ1v) is 12.2. The van der Waals surface area contributed by atoms with E-state index in [9.17, 15) is 5.26 Å². The number of aromatic nitrogens is 3. The number of ether oxygens (including phenoxy) is 2. The van der Waals surface area contributed by atoms with Gasteiger partial charge in [-0.1, -0.05) is 6.07 Å². The topological polar surface area (TPSA) is 98.1 Å². The summed E-state index contributed by atoms with van der Waals surface area (Å²) in [5.41, 5.74) is 4.69. The standard InChI is InChI=1S/C27H27N5O3/c28-15-19-13-18(1-2-25(19)34-22-6-11-33-12-7-22)23-5-10-30-24-14-26(35-27(23)24)20-16-31-32(17-20)21-3-8-29-9-4-21/h1-2,5,10,13-14,16-17,21-22,29H,3-4,6-9,11-12H2. The Kier molecular flexibility index (Phi) is 5.94. The SMILES string of the molecule is N#Cc1cc(-c2ccnc3cc(-c4cnn(C5CCNCC5)c4)oc23)ccc1OC1CCOCC1. The summed E-state index contributed by atoms with van der Waals surface area (Å²) >= 11 is 0. The maximum absolute atomic E-state index is 9.79. The van der Waals surface area contributed by atoms with Gasteiger partial charge in [0.15, 0.2) is 5.58 Å². The van der Waals surface area contributed by atoms with E-state index in [1.54, 1.807) is 6.20 Å². The lowest BCUT2D eigenvalue weighted by atomic mass is 10.0.